The molecule has 0 saturated carbocycles. The van der Waals surface area contributed by atoms with Crippen LogP contribution in [0.2, 0.25) is 0 Å². The van der Waals surface area contributed by atoms with Crippen LogP contribution in [0.4, 0.5) is 11.4 Å². The fraction of sp³-hybridized carbons (Fsp3) is 0.417. The molecule has 1 aliphatic rings. The Hall–Kier alpha value is -1.91. The van der Waals surface area contributed by atoms with Crippen LogP contribution in [-0.4, -0.2) is 44.9 Å². The van der Waals surface area contributed by atoms with E-state index in [1.807, 2.05) is 30.1 Å². The Kier molecular flexibility index (Phi) is 3.08. The summed E-state index contributed by atoms with van der Waals surface area (Å²) >= 11 is 0. The molecule has 5 heteroatoms. The largest absolute Gasteiger partial charge is 0.497 e. The zero-order valence-corrected chi connectivity index (χ0v) is 10.0. The average Bonchev–Trinajstić information content (AvgIpc) is 2.32. The van der Waals surface area contributed by atoms with E-state index in [9.17, 15) is 4.79 Å². The van der Waals surface area contributed by atoms with E-state index in [4.69, 9.17) is 9.84 Å². The molecule has 0 unspecified atom stereocenters. The Bertz CT molecular complexity index is 434. The van der Waals surface area contributed by atoms with E-state index in [2.05, 4.69) is 4.90 Å². The minimum absolute atomic E-state index is 0.0349. The SMILES string of the molecule is COc1ccc2c(c1)N(C)CCN2CC(=O)O. The van der Waals surface area contributed by atoms with Crippen molar-refractivity contribution in [2.45, 2.75) is 0 Å². The highest BCUT2D eigenvalue weighted by atomic mass is 16.5. The number of anilines is 2. The maximum atomic E-state index is 10.8. The van der Waals surface area contributed by atoms with Gasteiger partial charge in [-0.2, -0.15) is 0 Å². The minimum atomic E-state index is -0.809. The maximum Gasteiger partial charge on any atom is 0.323 e. The van der Waals surface area contributed by atoms with E-state index >= 15 is 0 Å². The standard InChI is InChI=1S/C12H16N2O3/c1-13-5-6-14(8-12(15)16)10-4-3-9(17-2)7-11(10)13/h3-4,7H,5-6,8H2,1-2H3,(H,15,16). The van der Waals surface area contributed by atoms with Crippen molar-refractivity contribution in [2.75, 3.05) is 43.6 Å². The van der Waals surface area contributed by atoms with Gasteiger partial charge in [-0.3, -0.25) is 4.79 Å². The van der Waals surface area contributed by atoms with E-state index in [1.165, 1.54) is 0 Å². The molecule has 1 aliphatic heterocycles. The molecule has 0 atom stereocenters. The number of nitrogens with zero attached hydrogens (tertiary/aromatic N) is 2. The van der Waals surface area contributed by atoms with Crippen molar-refractivity contribution in [3.63, 3.8) is 0 Å². The molecule has 0 aromatic heterocycles. The van der Waals surface area contributed by atoms with Gasteiger partial charge >= 0.3 is 5.97 Å². The number of aliphatic carboxylic acids is 1. The molecular formula is C12H16N2O3. The van der Waals surface area contributed by atoms with Crippen LogP contribution in [0, 0.1) is 0 Å². The highest BCUT2D eigenvalue weighted by molar-refractivity contribution is 5.80. The van der Waals surface area contributed by atoms with Crippen LogP contribution in [0.3, 0.4) is 0 Å². The van der Waals surface area contributed by atoms with Gasteiger partial charge in [0.25, 0.3) is 0 Å². The van der Waals surface area contributed by atoms with E-state index < -0.39 is 5.97 Å². The lowest BCUT2D eigenvalue weighted by Crippen LogP contribution is -2.41. The Balaban J connectivity index is 2.35. The molecule has 17 heavy (non-hydrogen) atoms. The molecule has 1 aromatic rings. The van der Waals surface area contributed by atoms with Gasteiger partial charge in [0, 0.05) is 26.2 Å². The van der Waals surface area contributed by atoms with Crippen molar-refractivity contribution in [2.24, 2.45) is 0 Å². The summed E-state index contributed by atoms with van der Waals surface area (Å²) in [6.07, 6.45) is 0. The highest BCUT2D eigenvalue weighted by Crippen LogP contribution is 2.35. The first-order valence-electron chi connectivity index (χ1n) is 5.47. The van der Waals surface area contributed by atoms with Gasteiger partial charge in [0.1, 0.15) is 12.3 Å². The number of hydrogen-bond donors (Lipinski definition) is 1. The number of carbonyl (C=O) groups is 1. The van der Waals surface area contributed by atoms with E-state index in [-0.39, 0.29) is 6.54 Å². The van der Waals surface area contributed by atoms with Crippen LogP contribution in [0.5, 0.6) is 5.75 Å². The third kappa shape index (κ3) is 2.27. The maximum absolute atomic E-state index is 10.8. The minimum Gasteiger partial charge on any atom is -0.497 e. The van der Waals surface area contributed by atoms with E-state index in [0.717, 1.165) is 30.2 Å². The molecule has 5 nitrogen and oxygen atoms in total. The van der Waals surface area contributed by atoms with E-state index in [1.54, 1.807) is 7.11 Å². The first-order valence-corrected chi connectivity index (χ1v) is 5.47. The van der Waals surface area contributed by atoms with Crippen LogP contribution >= 0.6 is 0 Å². The summed E-state index contributed by atoms with van der Waals surface area (Å²) in [6, 6.07) is 5.70. The number of carboxylic acid groups (broad SMARTS) is 1. The van der Waals surface area contributed by atoms with Gasteiger partial charge in [-0.25, -0.2) is 0 Å². The molecule has 0 radical (unpaired) electrons. The number of methoxy groups -OCH3 is 1. The van der Waals surface area contributed by atoms with Crippen molar-refractivity contribution >= 4 is 17.3 Å². The van der Waals surface area contributed by atoms with Gasteiger partial charge in [-0.15, -0.1) is 0 Å². The lowest BCUT2D eigenvalue weighted by atomic mass is 10.1. The predicted molar refractivity (Wildman–Crippen MR) is 66.1 cm³/mol. The van der Waals surface area contributed by atoms with Gasteiger partial charge in [0.05, 0.1) is 18.5 Å². The fourth-order valence-corrected chi connectivity index (χ4v) is 2.04. The Morgan fingerprint density at radius 3 is 2.82 bits per heavy atom. The van der Waals surface area contributed by atoms with Gasteiger partial charge in [-0.05, 0) is 12.1 Å². The summed E-state index contributed by atoms with van der Waals surface area (Å²) in [5.41, 5.74) is 1.96. The average molecular weight is 236 g/mol. The van der Waals surface area contributed by atoms with Crippen molar-refractivity contribution < 1.29 is 14.6 Å². The van der Waals surface area contributed by atoms with Gasteiger partial charge in [0.2, 0.25) is 0 Å². The molecule has 92 valence electrons. The Labute approximate surface area is 100 Å². The second kappa shape index (κ2) is 4.53. The molecule has 1 heterocycles. The van der Waals surface area contributed by atoms with Crippen LogP contribution in [0.1, 0.15) is 0 Å². The Morgan fingerprint density at radius 2 is 2.18 bits per heavy atom. The quantitative estimate of drug-likeness (QED) is 0.849. The highest BCUT2D eigenvalue weighted by Gasteiger charge is 2.22. The summed E-state index contributed by atoms with van der Waals surface area (Å²) in [6.45, 7) is 1.57. The zero-order valence-electron chi connectivity index (χ0n) is 10.0. The fourth-order valence-electron chi connectivity index (χ4n) is 2.04. The lowest BCUT2D eigenvalue weighted by Gasteiger charge is -2.36. The molecular weight excluding hydrogens is 220 g/mol. The molecule has 0 saturated heterocycles. The molecule has 1 aromatic carbocycles. The van der Waals surface area contributed by atoms with Crippen molar-refractivity contribution in [3.05, 3.63) is 18.2 Å². The zero-order chi connectivity index (χ0) is 12.4. The number of hydrogen-bond acceptors (Lipinski definition) is 4. The number of carboxylic acids is 1. The number of benzene rings is 1. The van der Waals surface area contributed by atoms with Crippen LogP contribution in [-0.2, 0) is 4.79 Å². The first-order chi connectivity index (χ1) is 8.11. The van der Waals surface area contributed by atoms with E-state index in [0.29, 0.717) is 0 Å². The number of fused-ring (bicyclic) bond motifs is 1. The lowest BCUT2D eigenvalue weighted by molar-refractivity contribution is -0.135. The number of likely N-dealkylation sites (N-methyl/N-ethyl adjacent to an activating group) is 1. The second-order valence-electron chi connectivity index (χ2n) is 4.09. The van der Waals surface area contributed by atoms with Gasteiger partial charge < -0.3 is 19.6 Å². The first kappa shape index (κ1) is 11.6. The van der Waals surface area contributed by atoms with Crippen molar-refractivity contribution in [3.8, 4) is 5.75 Å². The number of ether oxygens (including phenoxy) is 1. The summed E-state index contributed by atoms with van der Waals surface area (Å²) in [5.74, 6) is -0.0240. The smallest absolute Gasteiger partial charge is 0.323 e. The van der Waals surface area contributed by atoms with Crippen LogP contribution < -0.4 is 14.5 Å². The summed E-state index contributed by atoms with van der Waals surface area (Å²) in [4.78, 5) is 14.8. The second-order valence-corrected chi connectivity index (χ2v) is 4.09. The molecule has 0 spiro atoms. The Morgan fingerprint density at radius 1 is 1.41 bits per heavy atom. The third-order valence-corrected chi connectivity index (χ3v) is 2.97. The predicted octanol–water partition coefficient (Wildman–Crippen LogP) is 1.04. The van der Waals surface area contributed by atoms with Gasteiger partial charge in [0.15, 0.2) is 0 Å². The molecule has 2 rings (SSSR count). The summed E-state index contributed by atoms with van der Waals surface area (Å²) < 4.78 is 5.18. The topological polar surface area (TPSA) is 53.0 Å². The molecule has 0 aliphatic carbocycles. The third-order valence-electron chi connectivity index (χ3n) is 2.97. The van der Waals surface area contributed by atoms with Crippen molar-refractivity contribution in [1.82, 2.24) is 0 Å². The monoisotopic (exact) mass is 236 g/mol. The molecule has 0 bridgehead atoms. The van der Waals surface area contributed by atoms with Crippen molar-refractivity contribution in [1.29, 1.82) is 0 Å². The van der Waals surface area contributed by atoms with Crippen LogP contribution in [0.25, 0.3) is 0 Å². The molecule has 1 N–H and O–H groups in total. The molecule has 0 amide bonds. The normalized spacial score (nSPS) is 14.5. The molecule has 0 fully saturated rings. The summed E-state index contributed by atoms with van der Waals surface area (Å²) in [7, 11) is 3.62. The number of rotatable bonds is 3. The van der Waals surface area contributed by atoms with Gasteiger partial charge in [-0.1, -0.05) is 0 Å². The summed E-state index contributed by atoms with van der Waals surface area (Å²) in [5, 5.41) is 8.88. The van der Waals surface area contributed by atoms with Crippen LogP contribution in [0.15, 0.2) is 18.2 Å².